The van der Waals surface area contributed by atoms with Crippen molar-refractivity contribution in [1.29, 1.82) is 0 Å². The number of amides is 1. The Balaban J connectivity index is 1.98. The van der Waals surface area contributed by atoms with E-state index in [2.05, 4.69) is 15.3 Å². The molecule has 2 rings (SSSR count). The maximum absolute atomic E-state index is 11.2. The van der Waals surface area contributed by atoms with Crippen LogP contribution in [0.3, 0.4) is 0 Å². The smallest absolute Gasteiger partial charge is 0.229 e. The Labute approximate surface area is 70.0 Å². The van der Waals surface area contributed by atoms with Crippen LogP contribution >= 0.6 is 0 Å². The van der Waals surface area contributed by atoms with E-state index in [1.807, 2.05) is 0 Å². The van der Waals surface area contributed by atoms with Crippen LogP contribution in [0.15, 0.2) is 18.5 Å². The first-order valence-electron chi connectivity index (χ1n) is 3.94. The molecule has 1 saturated carbocycles. The van der Waals surface area contributed by atoms with E-state index in [-0.39, 0.29) is 11.8 Å². The van der Waals surface area contributed by atoms with E-state index in [0.29, 0.717) is 5.95 Å². The first-order valence-corrected chi connectivity index (χ1v) is 3.94. The molecule has 0 aromatic carbocycles. The van der Waals surface area contributed by atoms with Crippen molar-refractivity contribution in [2.75, 3.05) is 5.32 Å². The van der Waals surface area contributed by atoms with Gasteiger partial charge in [0.15, 0.2) is 0 Å². The molecule has 1 aliphatic rings. The number of carbonyl (C=O) groups is 1. The molecule has 0 radical (unpaired) electrons. The standard InChI is InChI=1S/C8H9N3O/c12-7(6-2-3-6)11-8-9-4-1-5-10-8/h1,4-6H,2-3H2,(H,9,10,11,12). The molecule has 0 atom stereocenters. The number of rotatable bonds is 2. The molecule has 4 nitrogen and oxygen atoms in total. The van der Waals surface area contributed by atoms with Crippen molar-refractivity contribution in [3.8, 4) is 0 Å². The Kier molecular flexibility index (Phi) is 1.74. The summed E-state index contributed by atoms with van der Waals surface area (Å²) in [5.41, 5.74) is 0. The van der Waals surface area contributed by atoms with Crippen LogP contribution in [0.4, 0.5) is 5.95 Å². The Hall–Kier alpha value is -1.45. The molecule has 0 saturated heterocycles. The molecule has 0 spiro atoms. The summed E-state index contributed by atoms with van der Waals surface area (Å²) in [4.78, 5) is 19.0. The van der Waals surface area contributed by atoms with Crippen LogP contribution in [0.5, 0.6) is 0 Å². The lowest BCUT2D eigenvalue weighted by Crippen LogP contribution is -2.15. The molecule has 0 unspecified atom stereocenters. The second-order valence-corrected chi connectivity index (χ2v) is 2.84. The summed E-state index contributed by atoms with van der Waals surface area (Å²) in [5.74, 6) is 0.643. The normalized spacial score (nSPS) is 15.7. The molecule has 4 heteroatoms. The van der Waals surface area contributed by atoms with E-state index >= 15 is 0 Å². The minimum atomic E-state index is 0.0428. The zero-order valence-corrected chi connectivity index (χ0v) is 6.53. The zero-order valence-electron chi connectivity index (χ0n) is 6.53. The van der Waals surface area contributed by atoms with Gasteiger partial charge in [0.1, 0.15) is 0 Å². The van der Waals surface area contributed by atoms with Crippen LogP contribution in [0, 0.1) is 5.92 Å². The molecule has 0 bridgehead atoms. The summed E-state index contributed by atoms with van der Waals surface area (Å²) in [6.07, 6.45) is 5.21. The Morgan fingerprint density at radius 3 is 2.67 bits per heavy atom. The van der Waals surface area contributed by atoms with Crippen LogP contribution in [-0.2, 0) is 4.79 Å². The highest BCUT2D eigenvalue weighted by molar-refractivity contribution is 5.92. The third kappa shape index (κ3) is 1.58. The van der Waals surface area contributed by atoms with E-state index in [0.717, 1.165) is 12.8 Å². The van der Waals surface area contributed by atoms with Gasteiger partial charge in [-0.05, 0) is 18.9 Å². The van der Waals surface area contributed by atoms with Gasteiger partial charge < -0.3 is 0 Å². The van der Waals surface area contributed by atoms with Crippen molar-refractivity contribution in [1.82, 2.24) is 9.97 Å². The summed E-state index contributed by atoms with van der Waals surface area (Å²) in [5, 5.41) is 2.64. The third-order valence-electron chi connectivity index (χ3n) is 1.75. The van der Waals surface area contributed by atoms with Gasteiger partial charge in [-0.3, -0.25) is 10.1 Å². The highest BCUT2D eigenvalue weighted by atomic mass is 16.2. The largest absolute Gasteiger partial charge is 0.294 e. The second kappa shape index (κ2) is 2.89. The average Bonchev–Trinajstić information content (AvgIpc) is 2.88. The first-order chi connectivity index (χ1) is 5.86. The lowest BCUT2D eigenvalue weighted by molar-refractivity contribution is -0.117. The molecule has 1 aliphatic carbocycles. The molecule has 12 heavy (non-hydrogen) atoms. The first kappa shape index (κ1) is 7.21. The lowest BCUT2D eigenvalue weighted by atomic mass is 10.4. The van der Waals surface area contributed by atoms with Crippen LogP contribution in [0.25, 0.3) is 0 Å². The average molecular weight is 163 g/mol. The fraction of sp³-hybridized carbons (Fsp3) is 0.375. The van der Waals surface area contributed by atoms with E-state index in [9.17, 15) is 4.79 Å². The van der Waals surface area contributed by atoms with Gasteiger partial charge >= 0.3 is 0 Å². The van der Waals surface area contributed by atoms with Crippen molar-refractivity contribution in [3.05, 3.63) is 18.5 Å². The van der Waals surface area contributed by atoms with Crippen molar-refractivity contribution < 1.29 is 4.79 Å². The fourth-order valence-corrected chi connectivity index (χ4v) is 0.921. The molecular weight excluding hydrogens is 154 g/mol. The van der Waals surface area contributed by atoms with Gasteiger partial charge in [-0.2, -0.15) is 0 Å². The summed E-state index contributed by atoms with van der Waals surface area (Å²) in [6.45, 7) is 0. The monoisotopic (exact) mass is 163 g/mol. The number of anilines is 1. The molecule has 1 aromatic heterocycles. The molecule has 0 aliphatic heterocycles. The van der Waals surface area contributed by atoms with Gasteiger partial charge in [-0.15, -0.1) is 0 Å². The molecule has 1 heterocycles. The molecule has 1 fully saturated rings. The van der Waals surface area contributed by atoms with E-state index in [1.165, 1.54) is 0 Å². The second-order valence-electron chi connectivity index (χ2n) is 2.84. The lowest BCUT2D eigenvalue weighted by Gasteiger charge is -1.99. The maximum atomic E-state index is 11.2. The molecule has 1 amide bonds. The Morgan fingerprint density at radius 1 is 1.42 bits per heavy atom. The minimum absolute atomic E-state index is 0.0428. The summed E-state index contributed by atoms with van der Waals surface area (Å²) in [6, 6.07) is 1.72. The number of hydrogen-bond acceptors (Lipinski definition) is 3. The van der Waals surface area contributed by atoms with Gasteiger partial charge in [0.05, 0.1) is 0 Å². The van der Waals surface area contributed by atoms with Gasteiger partial charge in [0.2, 0.25) is 11.9 Å². The van der Waals surface area contributed by atoms with Gasteiger partial charge in [-0.1, -0.05) is 0 Å². The summed E-state index contributed by atoms with van der Waals surface area (Å²) >= 11 is 0. The highest BCUT2D eigenvalue weighted by Gasteiger charge is 2.29. The van der Waals surface area contributed by atoms with Crippen molar-refractivity contribution in [3.63, 3.8) is 0 Å². The van der Waals surface area contributed by atoms with Gasteiger partial charge in [-0.25, -0.2) is 9.97 Å². The predicted molar refractivity (Wildman–Crippen MR) is 43.4 cm³/mol. The topological polar surface area (TPSA) is 54.9 Å². The Morgan fingerprint density at radius 2 is 2.08 bits per heavy atom. The fourth-order valence-electron chi connectivity index (χ4n) is 0.921. The zero-order chi connectivity index (χ0) is 8.39. The van der Waals surface area contributed by atoms with Crippen molar-refractivity contribution in [2.24, 2.45) is 5.92 Å². The van der Waals surface area contributed by atoms with E-state index < -0.39 is 0 Å². The Bertz CT molecular complexity index is 282. The third-order valence-corrected chi connectivity index (χ3v) is 1.75. The number of nitrogens with one attached hydrogen (secondary N) is 1. The quantitative estimate of drug-likeness (QED) is 0.702. The number of nitrogens with zero attached hydrogens (tertiary/aromatic N) is 2. The minimum Gasteiger partial charge on any atom is -0.294 e. The summed E-state index contributed by atoms with van der Waals surface area (Å²) < 4.78 is 0. The highest BCUT2D eigenvalue weighted by Crippen LogP contribution is 2.29. The van der Waals surface area contributed by atoms with Crippen molar-refractivity contribution >= 4 is 11.9 Å². The maximum Gasteiger partial charge on any atom is 0.229 e. The van der Waals surface area contributed by atoms with Crippen LogP contribution in [0.1, 0.15) is 12.8 Å². The van der Waals surface area contributed by atoms with E-state index in [4.69, 9.17) is 0 Å². The number of aromatic nitrogens is 2. The van der Waals surface area contributed by atoms with Crippen LogP contribution < -0.4 is 5.32 Å². The van der Waals surface area contributed by atoms with Gasteiger partial charge in [0, 0.05) is 18.3 Å². The molecular formula is C8H9N3O. The summed E-state index contributed by atoms with van der Waals surface area (Å²) in [7, 11) is 0. The van der Waals surface area contributed by atoms with Crippen LogP contribution in [0.2, 0.25) is 0 Å². The molecule has 1 aromatic rings. The van der Waals surface area contributed by atoms with Crippen LogP contribution in [-0.4, -0.2) is 15.9 Å². The van der Waals surface area contributed by atoms with Gasteiger partial charge in [0.25, 0.3) is 0 Å². The predicted octanol–water partition coefficient (Wildman–Crippen LogP) is 0.825. The molecule has 1 N–H and O–H groups in total. The number of carbonyl (C=O) groups excluding carboxylic acids is 1. The molecule has 62 valence electrons. The number of hydrogen-bond donors (Lipinski definition) is 1. The van der Waals surface area contributed by atoms with Crippen molar-refractivity contribution in [2.45, 2.75) is 12.8 Å². The SMILES string of the molecule is O=C(Nc1ncccn1)C1CC1. The van der Waals surface area contributed by atoms with E-state index in [1.54, 1.807) is 18.5 Å².